The molecular weight excluding hydrogens is 398 g/mol. The van der Waals surface area contributed by atoms with Crippen LogP contribution in [-0.4, -0.2) is 50.9 Å². The van der Waals surface area contributed by atoms with Crippen LogP contribution < -0.4 is 10.2 Å². The lowest BCUT2D eigenvalue weighted by Crippen LogP contribution is -2.48. The van der Waals surface area contributed by atoms with Crippen LogP contribution in [0.2, 0.25) is 0 Å². The Hall–Kier alpha value is -2.38. The molecule has 1 saturated carbocycles. The third-order valence-electron chi connectivity index (χ3n) is 6.03. The van der Waals surface area contributed by atoms with E-state index in [2.05, 4.69) is 10.2 Å². The minimum atomic E-state index is -3.63. The number of piperazine rings is 1. The van der Waals surface area contributed by atoms with Crippen molar-refractivity contribution in [1.29, 1.82) is 0 Å². The van der Waals surface area contributed by atoms with E-state index >= 15 is 0 Å². The second kappa shape index (κ2) is 9.18. The second-order valence-corrected chi connectivity index (χ2v) is 10.0. The highest BCUT2D eigenvalue weighted by Gasteiger charge is 2.29. The van der Waals surface area contributed by atoms with Crippen LogP contribution in [0.15, 0.2) is 59.5 Å². The average Bonchev–Trinajstić information content (AvgIpc) is 2.80. The van der Waals surface area contributed by atoms with E-state index in [0.29, 0.717) is 31.7 Å². The summed E-state index contributed by atoms with van der Waals surface area (Å²) in [5.74, 6) is -0.187. The van der Waals surface area contributed by atoms with Gasteiger partial charge in [0.1, 0.15) is 0 Å². The van der Waals surface area contributed by atoms with Gasteiger partial charge >= 0.3 is 0 Å². The van der Waals surface area contributed by atoms with E-state index < -0.39 is 10.0 Å². The van der Waals surface area contributed by atoms with Crippen LogP contribution >= 0.6 is 0 Å². The Morgan fingerprint density at radius 3 is 2.27 bits per heavy atom. The van der Waals surface area contributed by atoms with Crippen molar-refractivity contribution in [2.24, 2.45) is 0 Å². The third kappa shape index (κ3) is 4.68. The van der Waals surface area contributed by atoms with Crippen molar-refractivity contribution in [3.63, 3.8) is 0 Å². The van der Waals surface area contributed by atoms with E-state index in [4.69, 9.17) is 0 Å². The quantitative estimate of drug-likeness (QED) is 0.795. The first-order chi connectivity index (χ1) is 14.5. The summed E-state index contributed by atoms with van der Waals surface area (Å²) in [6, 6.07) is 16.7. The summed E-state index contributed by atoms with van der Waals surface area (Å²) in [6.07, 6.45) is 5.48. The molecule has 1 saturated heterocycles. The SMILES string of the molecule is O=C(NC1CCCCC1)c1cccc(S(=O)(=O)N2CCN(c3ccccc3)CC2)c1. The monoisotopic (exact) mass is 427 g/mol. The van der Waals surface area contributed by atoms with Gasteiger partial charge in [0, 0.05) is 43.5 Å². The lowest BCUT2D eigenvalue weighted by Gasteiger charge is -2.35. The smallest absolute Gasteiger partial charge is 0.251 e. The van der Waals surface area contributed by atoms with E-state index in [1.54, 1.807) is 18.2 Å². The Morgan fingerprint density at radius 2 is 1.57 bits per heavy atom. The van der Waals surface area contributed by atoms with Gasteiger partial charge in [0.15, 0.2) is 0 Å². The molecule has 0 atom stereocenters. The van der Waals surface area contributed by atoms with Crippen LogP contribution in [0.4, 0.5) is 5.69 Å². The number of hydrogen-bond donors (Lipinski definition) is 1. The summed E-state index contributed by atoms with van der Waals surface area (Å²) in [4.78, 5) is 15.0. The number of carbonyl (C=O) groups excluding carboxylic acids is 1. The summed E-state index contributed by atoms with van der Waals surface area (Å²) in [5, 5.41) is 3.06. The molecule has 0 radical (unpaired) electrons. The Bertz CT molecular complexity index is 964. The van der Waals surface area contributed by atoms with Gasteiger partial charge in [-0.2, -0.15) is 4.31 Å². The van der Waals surface area contributed by atoms with Crippen LogP contribution in [-0.2, 0) is 10.0 Å². The molecule has 160 valence electrons. The molecule has 0 spiro atoms. The summed E-state index contributed by atoms with van der Waals surface area (Å²) in [7, 11) is -3.63. The predicted molar refractivity (Wildman–Crippen MR) is 118 cm³/mol. The highest BCUT2D eigenvalue weighted by Crippen LogP contribution is 2.22. The van der Waals surface area contributed by atoms with Gasteiger partial charge in [0.25, 0.3) is 5.91 Å². The molecule has 1 amide bonds. The molecule has 1 heterocycles. The molecule has 0 unspecified atom stereocenters. The molecule has 7 heteroatoms. The van der Waals surface area contributed by atoms with Crippen LogP contribution in [0.1, 0.15) is 42.5 Å². The van der Waals surface area contributed by atoms with Gasteiger partial charge in [-0.15, -0.1) is 0 Å². The maximum Gasteiger partial charge on any atom is 0.251 e. The second-order valence-electron chi connectivity index (χ2n) is 8.06. The van der Waals surface area contributed by atoms with Crippen LogP contribution in [0.5, 0.6) is 0 Å². The summed E-state index contributed by atoms with van der Waals surface area (Å²) in [6.45, 7) is 2.14. The van der Waals surface area contributed by atoms with Gasteiger partial charge in [0.05, 0.1) is 4.90 Å². The number of rotatable bonds is 5. The van der Waals surface area contributed by atoms with Crippen molar-refractivity contribution < 1.29 is 13.2 Å². The molecular formula is C23H29N3O3S. The first-order valence-electron chi connectivity index (χ1n) is 10.7. The molecule has 30 heavy (non-hydrogen) atoms. The van der Waals surface area contributed by atoms with Gasteiger partial charge in [-0.3, -0.25) is 4.79 Å². The van der Waals surface area contributed by atoms with Crippen molar-refractivity contribution in [3.05, 3.63) is 60.2 Å². The Labute approximate surface area is 178 Å². The van der Waals surface area contributed by atoms with Crippen molar-refractivity contribution in [3.8, 4) is 0 Å². The number of nitrogens with one attached hydrogen (secondary N) is 1. The molecule has 2 aromatic rings. The highest BCUT2D eigenvalue weighted by molar-refractivity contribution is 7.89. The number of para-hydroxylation sites is 1. The molecule has 1 aliphatic carbocycles. The lowest BCUT2D eigenvalue weighted by molar-refractivity contribution is 0.0927. The van der Waals surface area contributed by atoms with E-state index in [-0.39, 0.29) is 16.8 Å². The minimum absolute atomic E-state index is 0.187. The van der Waals surface area contributed by atoms with Crippen molar-refractivity contribution >= 4 is 21.6 Å². The summed E-state index contributed by atoms with van der Waals surface area (Å²) < 4.78 is 27.9. The number of benzene rings is 2. The Balaban J connectivity index is 1.43. The van der Waals surface area contributed by atoms with Gasteiger partial charge in [0.2, 0.25) is 10.0 Å². The largest absolute Gasteiger partial charge is 0.369 e. The lowest BCUT2D eigenvalue weighted by atomic mass is 9.95. The number of carbonyl (C=O) groups is 1. The molecule has 1 N–H and O–H groups in total. The van der Waals surface area contributed by atoms with E-state index in [9.17, 15) is 13.2 Å². The van der Waals surface area contributed by atoms with E-state index in [0.717, 1.165) is 31.4 Å². The Morgan fingerprint density at radius 1 is 0.867 bits per heavy atom. The van der Waals surface area contributed by atoms with Gasteiger partial charge in [-0.05, 0) is 43.2 Å². The zero-order valence-electron chi connectivity index (χ0n) is 17.2. The van der Waals surface area contributed by atoms with Gasteiger partial charge < -0.3 is 10.2 Å². The van der Waals surface area contributed by atoms with E-state index in [1.165, 1.54) is 16.8 Å². The number of hydrogen-bond acceptors (Lipinski definition) is 4. The zero-order valence-corrected chi connectivity index (χ0v) is 18.0. The number of amides is 1. The predicted octanol–water partition coefficient (Wildman–Crippen LogP) is 3.26. The molecule has 2 aromatic carbocycles. The zero-order chi connectivity index (χ0) is 21.0. The fourth-order valence-electron chi connectivity index (χ4n) is 4.29. The summed E-state index contributed by atoms with van der Waals surface area (Å²) in [5.41, 5.74) is 1.51. The maximum atomic E-state index is 13.2. The normalized spacial score (nSPS) is 18.9. The third-order valence-corrected chi connectivity index (χ3v) is 7.93. The minimum Gasteiger partial charge on any atom is -0.369 e. The van der Waals surface area contributed by atoms with Crippen molar-refractivity contribution in [2.75, 3.05) is 31.1 Å². The van der Waals surface area contributed by atoms with Crippen LogP contribution in [0, 0.1) is 0 Å². The van der Waals surface area contributed by atoms with Crippen LogP contribution in [0.25, 0.3) is 0 Å². The number of sulfonamides is 1. The fraction of sp³-hybridized carbons (Fsp3) is 0.435. The first-order valence-corrected chi connectivity index (χ1v) is 12.2. The first kappa shape index (κ1) is 20.9. The average molecular weight is 428 g/mol. The van der Waals surface area contributed by atoms with Crippen molar-refractivity contribution in [1.82, 2.24) is 9.62 Å². The van der Waals surface area contributed by atoms with Crippen molar-refractivity contribution in [2.45, 2.75) is 43.0 Å². The fourth-order valence-corrected chi connectivity index (χ4v) is 5.76. The van der Waals surface area contributed by atoms with Gasteiger partial charge in [-0.25, -0.2) is 8.42 Å². The molecule has 0 aromatic heterocycles. The van der Waals surface area contributed by atoms with Crippen LogP contribution in [0.3, 0.4) is 0 Å². The number of anilines is 1. The molecule has 6 nitrogen and oxygen atoms in total. The molecule has 2 aliphatic rings. The molecule has 0 bridgehead atoms. The van der Waals surface area contributed by atoms with E-state index in [1.807, 2.05) is 30.3 Å². The topological polar surface area (TPSA) is 69.7 Å². The Kier molecular flexibility index (Phi) is 6.39. The maximum absolute atomic E-state index is 13.2. The van der Waals surface area contributed by atoms with Gasteiger partial charge in [-0.1, -0.05) is 43.5 Å². The molecule has 1 aliphatic heterocycles. The standard InChI is InChI=1S/C23H29N3O3S/c27-23(24-20-9-3-1-4-10-20)19-8-7-13-22(18-19)30(28,29)26-16-14-25(15-17-26)21-11-5-2-6-12-21/h2,5-8,11-13,18,20H,1,3-4,9-10,14-17H2,(H,24,27). The number of nitrogens with zero attached hydrogens (tertiary/aromatic N) is 2. The molecule has 4 rings (SSSR count). The summed E-state index contributed by atoms with van der Waals surface area (Å²) >= 11 is 0. The molecule has 2 fully saturated rings. The highest BCUT2D eigenvalue weighted by atomic mass is 32.2.